The quantitative estimate of drug-likeness (QED) is 0.885. The minimum atomic E-state index is -2.46. The SMILES string of the molecule is CCNC(CC1CCC(F)(F)C1)c1csnn1. The molecule has 1 aromatic rings. The van der Waals surface area contributed by atoms with E-state index in [-0.39, 0.29) is 24.8 Å². The first-order valence-electron chi connectivity index (χ1n) is 5.99. The third-order valence-electron chi connectivity index (χ3n) is 3.26. The average Bonchev–Trinajstić information content (AvgIpc) is 2.87. The molecule has 0 radical (unpaired) electrons. The van der Waals surface area contributed by atoms with Gasteiger partial charge in [-0.05, 0) is 36.8 Å². The molecular weight excluding hydrogens is 244 g/mol. The summed E-state index contributed by atoms with van der Waals surface area (Å²) in [6.07, 6.45) is 1.40. The van der Waals surface area contributed by atoms with Crippen LogP contribution in [0, 0.1) is 5.92 Å². The maximum atomic E-state index is 13.1. The summed E-state index contributed by atoms with van der Waals surface area (Å²) in [5, 5.41) is 9.22. The van der Waals surface area contributed by atoms with Crippen molar-refractivity contribution in [2.45, 2.75) is 44.6 Å². The molecule has 0 amide bonds. The molecule has 1 saturated carbocycles. The molecule has 17 heavy (non-hydrogen) atoms. The zero-order chi connectivity index (χ0) is 12.3. The normalized spacial score (nSPS) is 25.0. The number of aromatic nitrogens is 2. The molecule has 2 rings (SSSR count). The molecule has 0 bridgehead atoms. The van der Waals surface area contributed by atoms with E-state index in [1.54, 1.807) is 0 Å². The Kier molecular flexibility index (Phi) is 4.04. The van der Waals surface area contributed by atoms with Crippen LogP contribution >= 0.6 is 11.5 Å². The van der Waals surface area contributed by atoms with Crippen LogP contribution in [0.15, 0.2) is 5.38 Å². The number of halogens is 2. The highest BCUT2D eigenvalue weighted by Gasteiger charge is 2.40. The molecule has 1 fully saturated rings. The van der Waals surface area contributed by atoms with E-state index in [1.807, 2.05) is 12.3 Å². The Morgan fingerprint density at radius 3 is 3.00 bits per heavy atom. The Bertz CT molecular complexity index is 342. The second-order valence-electron chi connectivity index (χ2n) is 4.64. The van der Waals surface area contributed by atoms with Crippen LogP contribution in [-0.2, 0) is 0 Å². The highest BCUT2D eigenvalue weighted by molar-refractivity contribution is 7.03. The smallest absolute Gasteiger partial charge is 0.248 e. The average molecular weight is 261 g/mol. The van der Waals surface area contributed by atoms with Gasteiger partial charge >= 0.3 is 0 Å². The Morgan fingerprint density at radius 2 is 2.47 bits per heavy atom. The summed E-state index contributed by atoms with van der Waals surface area (Å²) in [6.45, 7) is 2.82. The molecule has 0 saturated heterocycles. The van der Waals surface area contributed by atoms with E-state index in [4.69, 9.17) is 0 Å². The van der Waals surface area contributed by atoms with Gasteiger partial charge in [0.2, 0.25) is 5.92 Å². The van der Waals surface area contributed by atoms with E-state index in [0.29, 0.717) is 6.42 Å². The second kappa shape index (κ2) is 5.35. The summed E-state index contributed by atoms with van der Waals surface area (Å²) in [5.41, 5.74) is 0.882. The largest absolute Gasteiger partial charge is 0.309 e. The van der Waals surface area contributed by atoms with Gasteiger partial charge in [0.25, 0.3) is 0 Å². The van der Waals surface area contributed by atoms with Gasteiger partial charge in [-0.1, -0.05) is 11.4 Å². The van der Waals surface area contributed by atoms with Gasteiger partial charge in [0.05, 0.1) is 11.7 Å². The fraction of sp³-hybridized carbons (Fsp3) is 0.818. The molecule has 2 atom stereocenters. The van der Waals surface area contributed by atoms with Crippen LogP contribution in [0.3, 0.4) is 0 Å². The molecule has 1 N–H and O–H groups in total. The van der Waals surface area contributed by atoms with Gasteiger partial charge in [0.15, 0.2) is 0 Å². The Labute approximate surface area is 104 Å². The van der Waals surface area contributed by atoms with Gasteiger partial charge < -0.3 is 5.32 Å². The lowest BCUT2D eigenvalue weighted by Gasteiger charge is -2.19. The zero-order valence-corrected chi connectivity index (χ0v) is 10.6. The molecule has 6 heteroatoms. The number of nitrogens with zero attached hydrogens (tertiary/aromatic N) is 2. The summed E-state index contributed by atoms with van der Waals surface area (Å²) < 4.78 is 30.1. The molecule has 0 aliphatic heterocycles. The van der Waals surface area contributed by atoms with E-state index in [2.05, 4.69) is 14.9 Å². The Hall–Kier alpha value is -0.620. The highest BCUT2D eigenvalue weighted by Crippen LogP contribution is 2.42. The lowest BCUT2D eigenvalue weighted by Crippen LogP contribution is -2.24. The summed E-state index contributed by atoms with van der Waals surface area (Å²) in [7, 11) is 0. The molecule has 2 unspecified atom stereocenters. The molecule has 1 aliphatic carbocycles. The summed E-state index contributed by atoms with van der Waals surface area (Å²) in [6, 6.07) is 0.0673. The highest BCUT2D eigenvalue weighted by atomic mass is 32.1. The predicted molar refractivity (Wildman–Crippen MR) is 63.2 cm³/mol. The fourth-order valence-corrected chi connectivity index (χ4v) is 2.96. The summed E-state index contributed by atoms with van der Waals surface area (Å²) in [5.74, 6) is -2.36. The third-order valence-corrected chi connectivity index (χ3v) is 3.78. The standard InChI is InChI=1S/C11H17F2N3S/c1-2-14-9(10-7-17-16-15-10)5-8-3-4-11(12,13)6-8/h7-9,14H,2-6H2,1H3. The van der Waals surface area contributed by atoms with Crippen molar-refractivity contribution in [2.75, 3.05) is 6.54 Å². The van der Waals surface area contributed by atoms with Gasteiger partial charge in [0.1, 0.15) is 0 Å². The van der Waals surface area contributed by atoms with E-state index >= 15 is 0 Å². The van der Waals surface area contributed by atoms with Crippen molar-refractivity contribution in [2.24, 2.45) is 5.92 Å². The van der Waals surface area contributed by atoms with Crippen molar-refractivity contribution in [1.29, 1.82) is 0 Å². The van der Waals surface area contributed by atoms with Gasteiger partial charge in [0, 0.05) is 18.2 Å². The fourth-order valence-electron chi connectivity index (χ4n) is 2.46. The molecule has 96 valence electrons. The van der Waals surface area contributed by atoms with Crippen molar-refractivity contribution in [3.63, 3.8) is 0 Å². The van der Waals surface area contributed by atoms with Crippen LogP contribution in [0.25, 0.3) is 0 Å². The molecule has 3 nitrogen and oxygen atoms in total. The molecule has 0 spiro atoms. The van der Waals surface area contributed by atoms with Crippen molar-refractivity contribution in [1.82, 2.24) is 14.9 Å². The number of nitrogens with one attached hydrogen (secondary N) is 1. The number of alkyl halides is 2. The monoisotopic (exact) mass is 261 g/mol. The molecule has 1 aliphatic rings. The lowest BCUT2D eigenvalue weighted by molar-refractivity contribution is 0.00429. The van der Waals surface area contributed by atoms with Crippen LogP contribution < -0.4 is 5.32 Å². The minimum absolute atomic E-state index is 0.0203. The number of rotatable bonds is 5. The van der Waals surface area contributed by atoms with Crippen molar-refractivity contribution >= 4 is 11.5 Å². The number of hydrogen-bond acceptors (Lipinski definition) is 4. The van der Waals surface area contributed by atoms with Crippen LogP contribution in [0.5, 0.6) is 0 Å². The molecule has 1 heterocycles. The lowest BCUT2D eigenvalue weighted by atomic mass is 9.96. The van der Waals surface area contributed by atoms with Gasteiger partial charge in [-0.15, -0.1) is 5.10 Å². The summed E-state index contributed by atoms with van der Waals surface area (Å²) in [4.78, 5) is 0. The predicted octanol–water partition coefficient (Wildman–Crippen LogP) is 3.01. The van der Waals surface area contributed by atoms with E-state index in [9.17, 15) is 8.78 Å². The Morgan fingerprint density at radius 1 is 1.65 bits per heavy atom. The van der Waals surface area contributed by atoms with Crippen molar-refractivity contribution in [3.8, 4) is 0 Å². The third kappa shape index (κ3) is 3.42. The molecule has 0 aromatic carbocycles. The maximum Gasteiger partial charge on any atom is 0.248 e. The van der Waals surface area contributed by atoms with Crippen LogP contribution in [0.2, 0.25) is 0 Å². The van der Waals surface area contributed by atoms with E-state index in [0.717, 1.165) is 18.7 Å². The zero-order valence-electron chi connectivity index (χ0n) is 9.83. The summed E-state index contributed by atoms with van der Waals surface area (Å²) >= 11 is 1.30. The first-order valence-corrected chi connectivity index (χ1v) is 6.82. The van der Waals surface area contributed by atoms with Crippen molar-refractivity contribution in [3.05, 3.63) is 11.1 Å². The van der Waals surface area contributed by atoms with Gasteiger partial charge in [-0.25, -0.2) is 8.78 Å². The van der Waals surface area contributed by atoms with Crippen LogP contribution in [0.1, 0.15) is 44.3 Å². The van der Waals surface area contributed by atoms with Crippen LogP contribution in [0.4, 0.5) is 8.78 Å². The van der Waals surface area contributed by atoms with Crippen molar-refractivity contribution < 1.29 is 8.78 Å². The van der Waals surface area contributed by atoms with Crippen LogP contribution in [-0.4, -0.2) is 22.1 Å². The van der Waals surface area contributed by atoms with E-state index in [1.165, 1.54) is 11.5 Å². The first kappa shape index (κ1) is 12.8. The molecule has 1 aromatic heterocycles. The first-order chi connectivity index (χ1) is 8.11. The maximum absolute atomic E-state index is 13.1. The van der Waals surface area contributed by atoms with Gasteiger partial charge in [-0.2, -0.15) is 0 Å². The van der Waals surface area contributed by atoms with Gasteiger partial charge in [-0.3, -0.25) is 0 Å². The minimum Gasteiger partial charge on any atom is -0.309 e. The topological polar surface area (TPSA) is 37.8 Å². The Balaban J connectivity index is 1.95. The van der Waals surface area contributed by atoms with E-state index < -0.39 is 5.92 Å². The second-order valence-corrected chi connectivity index (χ2v) is 5.25. The number of hydrogen-bond donors (Lipinski definition) is 1. The molecular formula is C11H17F2N3S.